The molecule has 0 unspecified atom stereocenters. The quantitative estimate of drug-likeness (QED) is 0.257. The van der Waals surface area contributed by atoms with E-state index < -0.39 is 0 Å². The van der Waals surface area contributed by atoms with Gasteiger partial charge in [-0.1, -0.05) is 23.2 Å². The third-order valence-corrected chi connectivity index (χ3v) is 3.43. The second-order valence-electron chi connectivity index (χ2n) is 6.02. The molecular formula is C16H25Cl2IN4O. The number of nitrogens with zero attached hydrogens (tertiary/aromatic N) is 1. The van der Waals surface area contributed by atoms with Crippen molar-refractivity contribution in [3.8, 4) is 0 Å². The number of guanidine groups is 1. The van der Waals surface area contributed by atoms with Gasteiger partial charge in [0, 0.05) is 24.2 Å². The molecule has 0 aromatic heterocycles. The van der Waals surface area contributed by atoms with Crippen LogP contribution in [0.1, 0.15) is 38.1 Å². The fraction of sp³-hybridized carbons (Fsp3) is 0.500. The summed E-state index contributed by atoms with van der Waals surface area (Å²) in [5.74, 6) is 0.524. The number of rotatable bonds is 5. The summed E-state index contributed by atoms with van der Waals surface area (Å²) in [5, 5.41) is 10.0. The van der Waals surface area contributed by atoms with Crippen molar-refractivity contribution >= 4 is 59.0 Å². The van der Waals surface area contributed by atoms with E-state index in [1.807, 2.05) is 6.92 Å². The second kappa shape index (κ2) is 11.0. The van der Waals surface area contributed by atoms with E-state index in [1.165, 1.54) is 0 Å². The molecule has 0 radical (unpaired) electrons. The minimum absolute atomic E-state index is 0. The van der Waals surface area contributed by atoms with Gasteiger partial charge in [-0.3, -0.25) is 9.79 Å². The smallest absolute Gasteiger partial charge is 0.251 e. The number of carbonyl (C=O) groups excluding carboxylic acids is 1. The van der Waals surface area contributed by atoms with Gasteiger partial charge in [-0.15, -0.1) is 24.0 Å². The first kappa shape index (κ1) is 23.3. The molecule has 0 spiro atoms. The van der Waals surface area contributed by atoms with Crippen molar-refractivity contribution in [1.29, 1.82) is 0 Å². The Labute approximate surface area is 171 Å². The van der Waals surface area contributed by atoms with Crippen LogP contribution < -0.4 is 16.0 Å². The summed E-state index contributed by atoms with van der Waals surface area (Å²) in [6, 6.07) is 4.79. The SMILES string of the molecule is CCNC(=NCCNC(=O)c1ccc(Cl)c(Cl)c1)NC(C)(C)C.I. The van der Waals surface area contributed by atoms with E-state index in [1.54, 1.807) is 18.2 Å². The molecule has 0 saturated heterocycles. The van der Waals surface area contributed by atoms with Gasteiger partial charge in [0.05, 0.1) is 16.6 Å². The minimum atomic E-state index is -0.201. The Bertz CT molecular complexity index is 574. The summed E-state index contributed by atoms with van der Waals surface area (Å²) < 4.78 is 0. The summed E-state index contributed by atoms with van der Waals surface area (Å²) in [7, 11) is 0. The molecule has 0 atom stereocenters. The van der Waals surface area contributed by atoms with Crippen LogP contribution in [0.5, 0.6) is 0 Å². The molecule has 0 aliphatic rings. The van der Waals surface area contributed by atoms with Crippen molar-refractivity contribution in [3.05, 3.63) is 33.8 Å². The lowest BCUT2D eigenvalue weighted by Crippen LogP contribution is -2.47. The molecular weight excluding hydrogens is 462 g/mol. The lowest BCUT2D eigenvalue weighted by atomic mass is 10.1. The monoisotopic (exact) mass is 486 g/mol. The van der Waals surface area contributed by atoms with Gasteiger partial charge < -0.3 is 16.0 Å². The summed E-state index contributed by atoms with van der Waals surface area (Å²) in [6.45, 7) is 9.87. The van der Waals surface area contributed by atoms with Gasteiger partial charge in [0.1, 0.15) is 0 Å². The topological polar surface area (TPSA) is 65.5 Å². The molecule has 1 rings (SSSR count). The predicted molar refractivity (Wildman–Crippen MR) is 113 cm³/mol. The van der Waals surface area contributed by atoms with E-state index in [4.69, 9.17) is 23.2 Å². The molecule has 3 N–H and O–H groups in total. The first-order valence-electron chi connectivity index (χ1n) is 7.52. The standard InChI is InChI=1S/C16H24Cl2N4O.HI/c1-5-19-15(22-16(2,3)4)21-9-8-20-14(23)11-6-7-12(17)13(18)10-11;/h6-7,10H,5,8-9H2,1-4H3,(H,20,23)(H2,19,21,22);1H. The molecule has 0 heterocycles. The number of carbonyl (C=O) groups is 1. The third kappa shape index (κ3) is 8.94. The van der Waals surface area contributed by atoms with Crippen LogP contribution in [0.4, 0.5) is 0 Å². The fourth-order valence-electron chi connectivity index (χ4n) is 1.74. The molecule has 5 nitrogen and oxygen atoms in total. The second-order valence-corrected chi connectivity index (χ2v) is 6.83. The zero-order chi connectivity index (χ0) is 17.5. The lowest BCUT2D eigenvalue weighted by Gasteiger charge is -2.23. The minimum Gasteiger partial charge on any atom is -0.357 e. The van der Waals surface area contributed by atoms with E-state index in [-0.39, 0.29) is 35.4 Å². The number of hydrogen-bond acceptors (Lipinski definition) is 2. The number of benzene rings is 1. The molecule has 0 fully saturated rings. The Hall–Kier alpha value is -0.730. The van der Waals surface area contributed by atoms with Crippen molar-refractivity contribution in [2.45, 2.75) is 33.2 Å². The van der Waals surface area contributed by atoms with E-state index in [2.05, 4.69) is 41.7 Å². The Morgan fingerprint density at radius 2 is 1.83 bits per heavy atom. The zero-order valence-electron chi connectivity index (χ0n) is 14.4. The van der Waals surface area contributed by atoms with E-state index in [9.17, 15) is 4.79 Å². The van der Waals surface area contributed by atoms with Crippen LogP contribution in [0.2, 0.25) is 10.0 Å². The molecule has 0 saturated carbocycles. The van der Waals surface area contributed by atoms with Crippen LogP contribution in [0.25, 0.3) is 0 Å². The van der Waals surface area contributed by atoms with Crippen LogP contribution in [-0.2, 0) is 0 Å². The number of nitrogens with one attached hydrogen (secondary N) is 3. The highest BCUT2D eigenvalue weighted by molar-refractivity contribution is 14.0. The molecule has 1 amide bonds. The fourth-order valence-corrected chi connectivity index (χ4v) is 2.04. The largest absolute Gasteiger partial charge is 0.357 e. The normalized spacial score (nSPS) is 11.5. The van der Waals surface area contributed by atoms with Crippen molar-refractivity contribution in [3.63, 3.8) is 0 Å². The van der Waals surface area contributed by atoms with Gasteiger partial charge in [0.15, 0.2) is 5.96 Å². The molecule has 0 aliphatic heterocycles. The Morgan fingerprint density at radius 1 is 1.17 bits per heavy atom. The Kier molecular flexibility index (Phi) is 10.7. The summed E-state index contributed by atoms with van der Waals surface area (Å²) in [4.78, 5) is 16.4. The predicted octanol–water partition coefficient (Wildman–Crippen LogP) is 3.69. The first-order valence-corrected chi connectivity index (χ1v) is 8.28. The Morgan fingerprint density at radius 3 is 2.38 bits per heavy atom. The maximum atomic E-state index is 12.0. The molecule has 1 aromatic carbocycles. The maximum Gasteiger partial charge on any atom is 0.251 e. The van der Waals surface area contributed by atoms with Crippen LogP contribution in [0, 0.1) is 0 Å². The number of hydrogen-bond donors (Lipinski definition) is 3. The first-order chi connectivity index (χ1) is 10.7. The van der Waals surface area contributed by atoms with Gasteiger partial charge in [-0.05, 0) is 45.9 Å². The van der Waals surface area contributed by atoms with Crippen LogP contribution in [0.15, 0.2) is 23.2 Å². The molecule has 1 aromatic rings. The average Bonchev–Trinajstić information content (AvgIpc) is 2.44. The van der Waals surface area contributed by atoms with E-state index in [0.29, 0.717) is 28.7 Å². The highest BCUT2D eigenvalue weighted by atomic mass is 127. The van der Waals surface area contributed by atoms with Crippen molar-refractivity contribution < 1.29 is 4.79 Å². The highest BCUT2D eigenvalue weighted by Crippen LogP contribution is 2.22. The van der Waals surface area contributed by atoms with Gasteiger partial charge in [-0.2, -0.15) is 0 Å². The number of amides is 1. The molecule has 136 valence electrons. The van der Waals surface area contributed by atoms with Gasteiger partial charge >= 0.3 is 0 Å². The van der Waals surface area contributed by atoms with Gasteiger partial charge in [0.2, 0.25) is 0 Å². The van der Waals surface area contributed by atoms with Crippen molar-refractivity contribution in [2.75, 3.05) is 19.6 Å². The van der Waals surface area contributed by atoms with Crippen molar-refractivity contribution in [1.82, 2.24) is 16.0 Å². The molecule has 24 heavy (non-hydrogen) atoms. The zero-order valence-corrected chi connectivity index (χ0v) is 18.2. The number of aliphatic imine (C=N–C) groups is 1. The van der Waals surface area contributed by atoms with E-state index >= 15 is 0 Å². The average molecular weight is 487 g/mol. The highest BCUT2D eigenvalue weighted by Gasteiger charge is 2.11. The molecule has 0 aliphatic carbocycles. The molecule has 8 heteroatoms. The van der Waals surface area contributed by atoms with Crippen LogP contribution >= 0.6 is 47.2 Å². The van der Waals surface area contributed by atoms with Crippen molar-refractivity contribution in [2.24, 2.45) is 4.99 Å². The van der Waals surface area contributed by atoms with Crippen LogP contribution in [-0.4, -0.2) is 37.0 Å². The molecule has 0 bridgehead atoms. The summed E-state index contributed by atoms with van der Waals surface area (Å²) in [6.07, 6.45) is 0. The Balaban J connectivity index is 0.00000529. The lowest BCUT2D eigenvalue weighted by molar-refractivity contribution is 0.0955. The van der Waals surface area contributed by atoms with E-state index in [0.717, 1.165) is 12.5 Å². The number of halogens is 3. The van der Waals surface area contributed by atoms with Gasteiger partial charge in [0.25, 0.3) is 5.91 Å². The third-order valence-electron chi connectivity index (χ3n) is 2.69. The van der Waals surface area contributed by atoms with Gasteiger partial charge in [-0.25, -0.2) is 0 Å². The van der Waals surface area contributed by atoms with Crippen LogP contribution in [0.3, 0.4) is 0 Å². The maximum absolute atomic E-state index is 12.0. The summed E-state index contributed by atoms with van der Waals surface area (Å²) in [5.41, 5.74) is 0.396. The summed E-state index contributed by atoms with van der Waals surface area (Å²) >= 11 is 11.7.